The molecule has 0 saturated heterocycles. The fourth-order valence-corrected chi connectivity index (χ4v) is 0.679. The van der Waals surface area contributed by atoms with E-state index in [0.717, 1.165) is 12.3 Å². The molecule has 1 aromatic rings. The van der Waals surface area contributed by atoms with Crippen molar-refractivity contribution in [2.75, 3.05) is 13.6 Å². The molecule has 1 heterocycles. The van der Waals surface area contributed by atoms with E-state index in [1.54, 1.807) is 6.26 Å². The van der Waals surface area contributed by atoms with Crippen LogP contribution >= 0.6 is 0 Å². The lowest BCUT2D eigenvalue weighted by molar-refractivity contribution is 0.557. The third kappa shape index (κ3) is 2.07. The first kappa shape index (κ1) is 7.09. The van der Waals surface area contributed by atoms with Crippen LogP contribution in [-0.2, 0) is 0 Å². The van der Waals surface area contributed by atoms with E-state index in [-0.39, 0.29) is 0 Å². The fourth-order valence-electron chi connectivity index (χ4n) is 0.679. The third-order valence-electron chi connectivity index (χ3n) is 1.15. The van der Waals surface area contributed by atoms with E-state index in [1.165, 1.54) is 0 Å². The highest BCUT2D eigenvalue weighted by atomic mass is 16.3. The van der Waals surface area contributed by atoms with Gasteiger partial charge in [0.15, 0.2) is 0 Å². The van der Waals surface area contributed by atoms with E-state index >= 15 is 0 Å². The molecule has 0 unspecified atom stereocenters. The molecule has 1 rings (SSSR count). The standard InChI is InChI=1S/C8H11NO/c1-9-6-2-4-8-5-3-7-10-8/h2-5,7,9H,6H2,1H3/b4-2+. The zero-order valence-electron chi connectivity index (χ0n) is 6.00. The Morgan fingerprint density at radius 1 is 1.70 bits per heavy atom. The van der Waals surface area contributed by atoms with E-state index in [0.29, 0.717) is 0 Å². The van der Waals surface area contributed by atoms with Crippen LogP contribution in [0.15, 0.2) is 28.9 Å². The molecule has 1 aromatic heterocycles. The van der Waals surface area contributed by atoms with E-state index in [1.807, 2.05) is 31.3 Å². The van der Waals surface area contributed by atoms with E-state index < -0.39 is 0 Å². The summed E-state index contributed by atoms with van der Waals surface area (Å²) < 4.78 is 5.07. The molecule has 2 nitrogen and oxygen atoms in total. The number of hydrogen-bond acceptors (Lipinski definition) is 2. The minimum Gasteiger partial charge on any atom is -0.465 e. The first-order valence-corrected chi connectivity index (χ1v) is 3.28. The summed E-state index contributed by atoms with van der Waals surface area (Å²) in [6.45, 7) is 0.876. The van der Waals surface area contributed by atoms with Crippen LogP contribution in [-0.4, -0.2) is 13.6 Å². The Morgan fingerprint density at radius 3 is 3.20 bits per heavy atom. The molecule has 2 heteroatoms. The second-order valence-corrected chi connectivity index (χ2v) is 1.98. The summed E-state index contributed by atoms with van der Waals surface area (Å²) in [7, 11) is 1.91. The number of hydrogen-bond donors (Lipinski definition) is 1. The molecule has 0 atom stereocenters. The van der Waals surface area contributed by atoms with Crippen LogP contribution < -0.4 is 5.32 Å². The van der Waals surface area contributed by atoms with Gasteiger partial charge in [0.05, 0.1) is 6.26 Å². The SMILES string of the molecule is CNC/C=C/c1ccco1. The molecule has 0 aliphatic heterocycles. The van der Waals surface area contributed by atoms with Gasteiger partial charge in [0.1, 0.15) is 5.76 Å². The average molecular weight is 137 g/mol. The summed E-state index contributed by atoms with van der Waals surface area (Å²) in [5.41, 5.74) is 0. The summed E-state index contributed by atoms with van der Waals surface area (Å²) in [4.78, 5) is 0. The van der Waals surface area contributed by atoms with Crippen LogP contribution in [0.25, 0.3) is 6.08 Å². The van der Waals surface area contributed by atoms with Crippen LogP contribution in [0.1, 0.15) is 5.76 Å². The zero-order chi connectivity index (χ0) is 7.23. The van der Waals surface area contributed by atoms with Crippen molar-refractivity contribution in [3.05, 3.63) is 30.2 Å². The third-order valence-corrected chi connectivity index (χ3v) is 1.15. The molecule has 0 aliphatic carbocycles. The lowest BCUT2D eigenvalue weighted by atomic mass is 10.4. The van der Waals surface area contributed by atoms with Gasteiger partial charge in [-0.25, -0.2) is 0 Å². The summed E-state index contributed by atoms with van der Waals surface area (Å²) in [5, 5.41) is 3.00. The quantitative estimate of drug-likeness (QED) is 0.683. The van der Waals surface area contributed by atoms with Crippen molar-refractivity contribution >= 4 is 6.08 Å². The number of nitrogens with one attached hydrogen (secondary N) is 1. The van der Waals surface area contributed by atoms with Crippen molar-refractivity contribution in [1.82, 2.24) is 5.32 Å². The first-order valence-electron chi connectivity index (χ1n) is 3.28. The van der Waals surface area contributed by atoms with Crippen LogP contribution in [0.3, 0.4) is 0 Å². The maximum atomic E-state index is 5.07. The first-order chi connectivity index (χ1) is 4.93. The summed E-state index contributed by atoms with van der Waals surface area (Å²) in [6, 6.07) is 3.80. The predicted molar refractivity (Wildman–Crippen MR) is 41.7 cm³/mol. The van der Waals surface area contributed by atoms with Gasteiger partial charge in [-0.2, -0.15) is 0 Å². The van der Waals surface area contributed by atoms with Gasteiger partial charge >= 0.3 is 0 Å². The molecule has 54 valence electrons. The highest BCUT2D eigenvalue weighted by Crippen LogP contribution is 2.00. The molecule has 1 N–H and O–H groups in total. The second-order valence-electron chi connectivity index (χ2n) is 1.98. The molecular weight excluding hydrogens is 126 g/mol. The zero-order valence-corrected chi connectivity index (χ0v) is 6.00. The van der Waals surface area contributed by atoms with E-state index in [9.17, 15) is 0 Å². The minimum absolute atomic E-state index is 0.876. The summed E-state index contributed by atoms with van der Waals surface area (Å²) in [6.07, 6.45) is 5.62. The molecule has 0 bridgehead atoms. The molecule has 0 saturated carbocycles. The van der Waals surface area contributed by atoms with Crippen molar-refractivity contribution < 1.29 is 4.42 Å². The highest BCUT2D eigenvalue weighted by Gasteiger charge is 1.83. The number of likely N-dealkylation sites (N-methyl/N-ethyl adjacent to an activating group) is 1. The molecule has 10 heavy (non-hydrogen) atoms. The molecule has 0 spiro atoms. The van der Waals surface area contributed by atoms with Gasteiger partial charge in [-0.1, -0.05) is 6.08 Å². The Hall–Kier alpha value is -1.02. The van der Waals surface area contributed by atoms with Gasteiger partial charge < -0.3 is 9.73 Å². The highest BCUT2D eigenvalue weighted by molar-refractivity contribution is 5.42. The van der Waals surface area contributed by atoms with Crippen LogP contribution in [0.2, 0.25) is 0 Å². The Kier molecular flexibility index (Phi) is 2.77. The normalized spacial score (nSPS) is 10.9. The van der Waals surface area contributed by atoms with Crippen molar-refractivity contribution in [3.63, 3.8) is 0 Å². The van der Waals surface area contributed by atoms with Crippen LogP contribution in [0.5, 0.6) is 0 Å². The Morgan fingerprint density at radius 2 is 2.60 bits per heavy atom. The summed E-state index contributed by atoms with van der Waals surface area (Å²) in [5.74, 6) is 0.898. The van der Waals surface area contributed by atoms with Crippen molar-refractivity contribution in [1.29, 1.82) is 0 Å². The Labute approximate surface area is 60.5 Å². The van der Waals surface area contributed by atoms with Gasteiger partial charge in [0.25, 0.3) is 0 Å². The smallest absolute Gasteiger partial charge is 0.126 e. The van der Waals surface area contributed by atoms with E-state index in [4.69, 9.17) is 4.42 Å². The van der Waals surface area contributed by atoms with Gasteiger partial charge in [0, 0.05) is 6.54 Å². The lowest BCUT2D eigenvalue weighted by Gasteiger charge is -1.85. The molecular formula is C8H11NO. The van der Waals surface area contributed by atoms with E-state index in [2.05, 4.69) is 5.32 Å². The predicted octanol–water partition coefficient (Wildman–Crippen LogP) is 1.51. The maximum Gasteiger partial charge on any atom is 0.126 e. The number of rotatable bonds is 3. The van der Waals surface area contributed by atoms with Gasteiger partial charge in [-0.15, -0.1) is 0 Å². The largest absolute Gasteiger partial charge is 0.465 e. The lowest BCUT2D eigenvalue weighted by Crippen LogP contribution is -2.03. The maximum absolute atomic E-state index is 5.07. The average Bonchev–Trinajstić information content (AvgIpc) is 2.41. The molecule has 0 fully saturated rings. The monoisotopic (exact) mass is 137 g/mol. The fraction of sp³-hybridized carbons (Fsp3) is 0.250. The minimum atomic E-state index is 0.876. The van der Waals surface area contributed by atoms with Gasteiger partial charge in [-0.05, 0) is 25.3 Å². The van der Waals surface area contributed by atoms with Crippen molar-refractivity contribution in [2.45, 2.75) is 0 Å². The molecule has 0 amide bonds. The van der Waals surface area contributed by atoms with Gasteiger partial charge in [-0.3, -0.25) is 0 Å². The van der Waals surface area contributed by atoms with Crippen molar-refractivity contribution in [3.8, 4) is 0 Å². The Balaban J connectivity index is 2.40. The molecule has 0 aromatic carbocycles. The topological polar surface area (TPSA) is 25.2 Å². The molecule has 0 aliphatic rings. The summed E-state index contributed by atoms with van der Waals surface area (Å²) >= 11 is 0. The Bertz CT molecular complexity index is 189. The van der Waals surface area contributed by atoms with Crippen LogP contribution in [0.4, 0.5) is 0 Å². The van der Waals surface area contributed by atoms with Gasteiger partial charge in [0.2, 0.25) is 0 Å². The van der Waals surface area contributed by atoms with Crippen LogP contribution in [0, 0.1) is 0 Å². The second kappa shape index (κ2) is 3.90. The van der Waals surface area contributed by atoms with Crippen molar-refractivity contribution in [2.24, 2.45) is 0 Å². The number of furan rings is 1. The molecule has 0 radical (unpaired) electrons.